The fourth-order valence-electron chi connectivity index (χ4n) is 4.98. The van der Waals surface area contributed by atoms with Crippen LogP contribution in [0.3, 0.4) is 0 Å². The van der Waals surface area contributed by atoms with Crippen molar-refractivity contribution in [2.75, 3.05) is 0 Å². The normalized spacial score (nSPS) is 12.4. The van der Waals surface area contributed by atoms with Gasteiger partial charge in [-0.1, -0.05) is 126 Å². The largest absolute Gasteiger partial charge is 0.0622 e. The molecule has 0 aliphatic rings. The van der Waals surface area contributed by atoms with Crippen molar-refractivity contribution in [3.63, 3.8) is 0 Å². The molecule has 0 radical (unpaired) electrons. The van der Waals surface area contributed by atoms with E-state index in [0.29, 0.717) is 0 Å². The summed E-state index contributed by atoms with van der Waals surface area (Å²) < 4.78 is 0. The second kappa shape index (κ2) is 8.13. The third-order valence-corrected chi connectivity index (χ3v) is 6.97. The Morgan fingerprint density at radius 3 is 1.06 bits per heavy atom. The van der Waals surface area contributed by atoms with Gasteiger partial charge in [-0.05, 0) is 77.9 Å². The Hall–Kier alpha value is -3.38. The van der Waals surface area contributed by atoms with E-state index in [0.717, 1.165) is 0 Å². The lowest BCUT2D eigenvalue weighted by Crippen LogP contribution is -2.11. The zero-order valence-corrected chi connectivity index (χ0v) is 21.2. The van der Waals surface area contributed by atoms with E-state index in [4.69, 9.17) is 0 Å². The van der Waals surface area contributed by atoms with E-state index in [1.807, 2.05) is 0 Å². The van der Waals surface area contributed by atoms with Gasteiger partial charge in [0.05, 0.1) is 0 Å². The summed E-state index contributed by atoms with van der Waals surface area (Å²) in [6.45, 7) is 13.8. The molecule has 0 amide bonds. The van der Waals surface area contributed by atoms with Crippen molar-refractivity contribution in [3.05, 3.63) is 108 Å². The first kappa shape index (κ1) is 22.4. The predicted octanol–water partition coefficient (Wildman–Crippen LogP) is 9.92. The summed E-state index contributed by atoms with van der Waals surface area (Å²) in [6.07, 6.45) is 0. The Morgan fingerprint density at radius 2 is 0.735 bits per heavy atom. The molecule has 0 spiro atoms. The summed E-state index contributed by atoms with van der Waals surface area (Å²) >= 11 is 0. The van der Waals surface area contributed by atoms with Crippen LogP contribution in [0.15, 0.2) is 97.1 Å². The van der Waals surface area contributed by atoms with Crippen LogP contribution in [-0.4, -0.2) is 0 Å². The molecule has 0 bridgehead atoms. The standard InChI is InChI=1S/C34H34/c1-33(2,3)25-17-19-27-29(21-25)30-22-26(34(4,5)6)18-20-28(30)32(24-15-11-8-12-16-24)31(27)23-13-9-7-10-14-23/h7-22H,1-6H3. The van der Waals surface area contributed by atoms with E-state index < -0.39 is 0 Å². The van der Waals surface area contributed by atoms with Gasteiger partial charge < -0.3 is 0 Å². The number of benzene rings is 5. The van der Waals surface area contributed by atoms with Gasteiger partial charge in [-0.3, -0.25) is 0 Å². The van der Waals surface area contributed by atoms with Crippen LogP contribution in [0.1, 0.15) is 52.7 Å². The summed E-state index contributed by atoms with van der Waals surface area (Å²) in [7, 11) is 0. The Balaban J connectivity index is 2.03. The van der Waals surface area contributed by atoms with E-state index in [1.54, 1.807) is 0 Å². The molecular formula is C34H34. The highest BCUT2D eigenvalue weighted by molar-refractivity contribution is 6.21. The summed E-state index contributed by atoms with van der Waals surface area (Å²) in [5.74, 6) is 0. The average Bonchev–Trinajstić information content (AvgIpc) is 2.82. The van der Waals surface area contributed by atoms with Gasteiger partial charge in [0, 0.05) is 0 Å². The maximum atomic E-state index is 2.44. The molecule has 0 atom stereocenters. The van der Waals surface area contributed by atoms with E-state index in [9.17, 15) is 0 Å². The fraction of sp³-hybridized carbons (Fsp3) is 0.235. The molecule has 5 aromatic carbocycles. The number of fused-ring (bicyclic) bond motifs is 3. The van der Waals surface area contributed by atoms with Crippen molar-refractivity contribution in [1.82, 2.24) is 0 Å². The van der Waals surface area contributed by atoms with Crippen molar-refractivity contribution in [2.45, 2.75) is 52.4 Å². The quantitative estimate of drug-likeness (QED) is 0.239. The monoisotopic (exact) mass is 442 g/mol. The van der Waals surface area contributed by atoms with Gasteiger partial charge in [0.25, 0.3) is 0 Å². The number of hydrogen-bond donors (Lipinski definition) is 0. The van der Waals surface area contributed by atoms with Gasteiger partial charge in [-0.25, -0.2) is 0 Å². The van der Waals surface area contributed by atoms with Crippen LogP contribution >= 0.6 is 0 Å². The molecule has 0 nitrogen and oxygen atoms in total. The van der Waals surface area contributed by atoms with Crippen LogP contribution in [0.5, 0.6) is 0 Å². The van der Waals surface area contributed by atoms with Crippen molar-refractivity contribution in [3.8, 4) is 22.3 Å². The lowest BCUT2D eigenvalue weighted by atomic mass is 9.79. The Labute approximate surface area is 204 Å². The highest BCUT2D eigenvalue weighted by Gasteiger charge is 2.22. The second-order valence-corrected chi connectivity index (χ2v) is 11.5. The highest BCUT2D eigenvalue weighted by atomic mass is 14.3. The molecule has 0 aliphatic carbocycles. The molecule has 0 saturated carbocycles. The van der Waals surface area contributed by atoms with Gasteiger partial charge in [0.2, 0.25) is 0 Å². The molecule has 0 fully saturated rings. The van der Waals surface area contributed by atoms with Crippen molar-refractivity contribution < 1.29 is 0 Å². The van der Waals surface area contributed by atoms with E-state index in [-0.39, 0.29) is 10.8 Å². The Bertz CT molecular complexity index is 1360. The van der Waals surface area contributed by atoms with Crippen LogP contribution in [-0.2, 0) is 10.8 Å². The minimum atomic E-state index is 0.0904. The summed E-state index contributed by atoms with van der Waals surface area (Å²) in [5.41, 5.74) is 8.08. The minimum absolute atomic E-state index is 0.0904. The first-order valence-electron chi connectivity index (χ1n) is 12.3. The molecule has 34 heavy (non-hydrogen) atoms. The maximum Gasteiger partial charge on any atom is -0.00203 e. The number of rotatable bonds is 2. The number of hydrogen-bond acceptors (Lipinski definition) is 0. The molecule has 0 aliphatic heterocycles. The molecule has 0 saturated heterocycles. The van der Waals surface area contributed by atoms with Gasteiger partial charge in [-0.2, -0.15) is 0 Å². The first-order chi connectivity index (χ1) is 16.1. The zero-order chi connectivity index (χ0) is 24.1. The molecular weight excluding hydrogens is 408 g/mol. The van der Waals surface area contributed by atoms with Gasteiger partial charge >= 0.3 is 0 Å². The minimum Gasteiger partial charge on any atom is -0.0622 e. The van der Waals surface area contributed by atoms with Gasteiger partial charge in [0.1, 0.15) is 0 Å². The molecule has 5 rings (SSSR count). The van der Waals surface area contributed by atoms with Crippen LogP contribution in [0.2, 0.25) is 0 Å². The summed E-state index contributed by atoms with van der Waals surface area (Å²) in [5, 5.41) is 5.31. The van der Waals surface area contributed by atoms with E-state index in [2.05, 4.69) is 139 Å². The summed E-state index contributed by atoms with van der Waals surface area (Å²) in [6, 6.07) is 36.0. The lowest BCUT2D eigenvalue weighted by molar-refractivity contribution is 0.590. The smallest absolute Gasteiger partial charge is 0.00203 e. The van der Waals surface area contributed by atoms with Crippen LogP contribution in [0.4, 0.5) is 0 Å². The van der Waals surface area contributed by atoms with Crippen molar-refractivity contribution >= 4 is 21.5 Å². The van der Waals surface area contributed by atoms with Crippen molar-refractivity contribution in [2.24, 2.45) is 0 Å². The second-order valence-electron chi connectivity index (χ2n) is 11.5. The molecule has 5 aromatic rings. The van der Waals surface area contributed by atoms with Crippen LogP contribution in [0, 0.1) is 0 Å². The van der Waals surface area contributed by atoms with E-state index >= 15 is 0 Å². The fourth-order valence-corrected chi connectivity index (χ4v) is 4.98. The zero-order valence-electron chi connectivity index (χ0n) is 21.2. The van der Waals surface area contributed by atoms with Crippen LogP contribution < -0.4 is 0 Å². The topological polar surface area (TPSA) is 0 Å². The van der Waals surface area contributed by atoms with Gasteiger partial charge in [0.15, 0.2) is 0 Å². The van der Waals surface area contributed by atoms with Gasteiger partial charge in [-0.15, -0.1) is 0 Å². The van der Waals surface area contributed by atoms with Crippen LogP contribution in [0.25, 0.3) is 43.8 Å². The highest BCUT2D eigenvalue weighted by Crippen LogP contribution is 2.46. The Kier molecular flexibility index (Phi) is 5.36. The molecule has 0 unspecified atom stereocenters. The molecule has 0 heteroatoms. The molecule has 170 valence electrons. The molecule has 0 N–H and O–H groups in total. The maximum absolute atomic E-state index is 2.44. The Morgan fingerprint density at radius 1 is 0.382 bits per heavy atom. The van der Waals surface area contributed by atoms with E-state index in [1.165, 1.54) is 54.9 Å². The molecule has 0 aromatic heterocycles. The summed E-state index contributed by atoms with van der Waals surface area (Å²) in [4.78, 5) is 0. The SMILES string of the molecule is CC(C)(C)c1ccc2c(-c3ccccc3)c(-c3ccccc3)c3ccc(C(C)(C)C)cc3c2c1. The predicted molar refractivity (Wildman–Crippen MR) is 150 cm³/mol. The third kappa shape index (κ3) is 3.92. The first-order valence-corrected chi connectivity index (χ1v) is 12.3. The average molecular weight is 443 g/mol. The molecule has 0 heterocycles. The van der Waals surface area contributed by atoms with Crippen molar-refractivity contribution in [1.29, 1.82) is 0 Å². The third-order valence-electron chi connectivity index (χ3n) is 6.97. The lowest BCUT2D eigenvalue weighted by Gasteiger charge is -2.25.